The quantitative estimate of drug-likeness (QED) is 0.775. The fraction of sp³-hybridized carbons (Fsp3) is 0.429. The minimum atomic E-state index is -0.723. The molecule has 2 aromatic rings. The largest absolute Gasteiger partial charge is 0.389 e. The van der Waals surface area contributed by atoms with Crippen LogP contribution in [0.2, 0.25) is 0 Å². The third kappa shape index (κ3) is 2.45. The summed E-state index contributed by atoms with van der Waals surface area (Å²) in [6, 6.07) is 5.22. The number of pyridine rings is 1. The summed E-state index contributed by atoms with van der Waals surface area (Å²) in [5.74, 6) is 0. The summed E-state index contributed by atoms with van der Waals surface area (Å²) in [4.78, 5) is 18.4. The molecule has 0 radical (unpaired) electrons. The molecule has 0 aliphatic carbocycles. The van der Waals surface area contributed by atoms with Crippen molar-refractivity contribution in [2.45, 2.75) is 25.7 Å². The first-order valence-electron chi connectivity index (χ1n) is 6.60. The van der Waals surface area contributed by atoms with Crippen molar-refractivity contribution < 1.29 is 10.2 Å². The summed E-state index contributed by atoms with van der Waals surface area (Å²) in [6.07, 6.45) is 0.269. The number of aromatic nitrogens is 2. The zero-order valence-corrected chi connectivity index (χ0v) is 11.2. The van der Waals surface area contributed by atoms with Gasteiger partial charge in [-0.25, -0.2) is 4.98 Å². The van der Waals surface area contributed by atoms with Gasteiger partial charge in [0.25, 0.3) is 5.56 Å². The normalized spacial score (nSPS) is 23.6. The molecule has 1 fully saturated rings. The first kappa shape index (κ1) is 13.2. The molecular weight excluding hydrogens is 258 g/mol. The number of rotatable bonds is 2. The smallest absolute Gasteiger partial charge is 0.258 e. The molecule has 0 bridgehead atoms. The molecule has 1 aliphatic rings. The first-order chi connectivity index (χ1) is 9.52. The SMILES string of the molecule is Cc1ccn2c(=O)cc(CN3C[C@@H](O)[C@@H](O)C3)nc2c1. The van der Waals surface area contributed by atoms with Crippen LogP contribution >= 0.6 is 0 Å². The van der Waals surface area contributed by atoms with Crippen molar-refractivity contribution in [1.82, 2.24) is 14.3 Å². The summed E-state index contributed by atoms with van der Waals surface area (Å²) in [5.41, 5.74) is 2.20. The Morgan fingerprint density at radius 2 is 2.00 bits per heavy atom. The molecule has 0 saturated carbocycles. The van der Waals surface area contributed by atoms with Gasteiger partial charge in [0.15, 0.2) is 0 Å². The number of β-amino-alcohol motifs (C(OH)–C–C–N with tert-alkyl or cyclic N) is 2. The predicted octanol–water partition coefficient (Wildman–Crippen LogP) is -0.460. The minimum Gasteiger partial charge on any atom is -0.389 e. The van der Waals surface area contributed by atoms with E-state index >= 15 is 0 Å². The van der Waals surface area contributed by atoms with E-state index in [1.807, 2.05) is 24.0 Å². The Kier molecular flexibility index (Phi) is 3.29. The molecule has 20 heavy (non-hydrogen) atoms. The second-order valence-electron chi connectivity index (χ2n) is 5.35. The van der Waals surface area contributed by atoms with Crippen LogP contribution in [0.4, 0.5) is 0 Å². The van der Waals surface area contributed by atoms with E-state index in [0.717, 1.165) is 5.56 Å². The lowest BCUT2D eigenvalue weighted by molar-refractivity contribution is 0.0572. The zero-order chi connectivity index (χ0) is 14.3. The Morgan fingerprint density at radius 3 is 2.70 bits per heavy atom. The molecule has 3 rings (SSSR count). The van der Waals surface area contributed by atoms with Crippen LogP contribution in [-0.4, -0.2) is 49.8 Å². The molecular formula is C14H17N3O3. The van der Waals surface area contributed by atoms with E-state index < -0.39 is 12.2 Å². The standard InChI is InChI=1S/C14H17N3O3/c1-9-2-3-17-13(4-9)15-10(5-14(17)20)6-16-7-11(18)12(19)8-16/h2-5,11-12,18-19H,6-8H2,1H3/t11-,12+. The van der Waals surface area contributed by atoms with Crippen LogP contribution in [-0.2, 0) is 6.54 Å². The van der Waals surface area contributed by atoms with Gasteiger partial charge in [0.2, 0.25) is 0 Å². The lowest BCUT2D eigenvalue weighted by atomic mass is 10.3. The molecule has 6 heteroatoms. The van der Waals surface area contributed by atoms with Crippen LogP contribution in [0.15, 0.2) is 29.2 Å². The van der Waals surface area contributed by atoms with Crippen molar-refractivity contribution in [2.75, 3.05) is 13.1 Å². The predicted molar refractivity (Wildman–Crippen MR) is 73.5 cm³/mol. The van der Waals surface area contributed by atoms with E-state index in [0.29, 0.717) is 31.0 Å². The van der Waals surface area contributed by atoms with E-state index in [2.05, 4.69) is 4.98 Å². The molecule has 0 unspecified atom stereocenters. The maximum absolute atomic E-state index is 12.0. The van der Waals surface area contributed by atoms with Gasteiger partial charge in [0.1, 0.15) is 5.65 Å². The van der Waals surface area contributed by atoms with Crippen LogP contribution < -0.4 is 5.56 Å². The van der Waals surface area contributed by atoms with Gasteiger partial charge in [0, 0.05) is 31.9 Å². The number of aliphatic hydroxyl groups is 2. The van der Waals surface area contributed by atoms with Crippen LogP contribution in [0.25, 0.3) is 5.65 Å². The van der Waals surface area contributed by atoms with Crippen LogP contribution in [0.5, 0.6) is 0 Å². The summed E-state index contributed by atoms with van der Waals surface area (Å²) in [6.45, 7) is 3.20. The number of nitrogens with zero attached hydrogens (tertiary/aromatic N) is 3. The maximum atomic E-state index is 12.0. The number of hydrogen-bond donors (Lipinski definition) is 2. The molecule has 2 atom stereocenters. The van der Waals surface area contributed by atoms with Crippen molar-refractivity contribution in [3.63, 3.8) is 0 Å². The Bertz CT molecular complexity index is 688. The van der Waals surface area contributed by atoms with Crippen molar-refractivity contribution in [2.24, 2.45) is 0 Å². The molecule has 6 nitrogen and oxygen atoms in total. The summed E-state index contributed by atoms with van der Waals surface area (Å²) in [5, 5.41) is 19.1. The molecule has 0 spiro atoms. The zero-order valence-electron chi connectivity index (χ0n) is 11.2. The monoisotopic (exact) mass is 275 g/mol. The number of fused-ring (bicyclic) bond motifs is 1. The molecule has 1 aliphatic heterocycles. The van der Waals surface area contributed by atoms with Crippen molar-refractivity contribution in [3.05, 3.63) is 46.0 Å². The van der Waals surface area contributed by atoms with Gasteiger partial charge < -0.3 is 10.2 Å². The van der Waals surface area contributed by atoms with Crippen LogP contribution in [0.3, 0.4) is 0 Å². The van der Waals surface area contributed by atoms with Gasteiger partial charge in [-0.3, -0.25) is 14.1 Å². The van der Waals surface area contributed by atoms with E-state index in [9.17, 15) is 15.0 Å². The number of aliphatic hydroxyl groups excluding tert-OH is 2. The number of likely N-dealkylation sites (tertiary alicyclic amines) is 1. The fourth-order valence-electron chi connectivity index (χ4n) is 2.54. The van der Waals surface area contributed by atoms with Gasteiger partial charge >= 0.3 is 0 Å². The van der Waals surface area contributed by atoms with Crippen LogP contribution in [0.1, 0.15) is 11.3 Å². The topological polar surface area (TPSA) is 78.1 Å². The Balaban J connectivity index is 1.91. The van der Waals surface area contributed by atoms with Gasteiger partial charge in [-0.15, -0.1) is 0 Å². The molecule has 1 saturated heterocycles. The van der Waals surface area contributed by atoms with Gasteiger partial charge in [-0.2, -0.15) is 0 Å². The van der Waals surface area contributed by atoms with Gasteiger partial charge in [-0.1, -0.05) is 0 Å². The van der Waals surface area contributed by atoms with Crippen molar-refractivity contribution in [3.8, 4) is 0 Å². The average molecular weight is 275 g/mol. The fourth-order valence-corrected chi connectivity index (χ4v) is 2.54. The third-order valence-electron chi connectivity index (χ3n) is 3.60. The molecule has 106 valence electrons. The molecule has 0 amide bonds. The summed E-state index contributed by atoms with van der Waals surface area (Å²) in [7, 11) is 0. The number of aryl methyl sites for hydroxylation is 1. The lowest BCUT2D eigenvalue weighted by Gasteiger charge is -2.14. The van der Waals surface area contributed by atoms with Gasteiger partial charge in [0.05, 0.1) is 17.9 Å². The molecule has 2 N–H and O–H groups in total. The third-order valence-corrected chi connectivity index (χ3v) is 3.60. The molecule has 0 aromatic carbocycles. The number of hydrogen-bond acceptors (Lipinski definition) is 5. The van der Waals surface area contributed by atoms with E-state index in [1.165, 1.54) is 10.5 Å². The highest BCUT2D eigenvalue weighted by Crippen LogP contribution is 2.13. The maximum Gasteiger partial charge on any atom is 0.258 e. The highest BCUT2D eigenvalue weighted by molar-refractivity contribution is 5.41. The Morgan fingerprint density at radius 1 is 1.30 bits per heavy atom. The Labute approximate surface area is 115 Å². The van der Waals surface area contributed by atoms with E-state index in [-0.39, 0.29) is 5.56 Å². The second-order valence-corrected chi connectivity index (χ2v) is 5.35. The van der Waals surface area contributed by atoms with E-state index in [4.69, 9.17) is 0 Å². The average Bonchev–Trinajstić information content (AvgIpc) is 2.67. The van der Waals surface area contributed by atoms with Crippen LogP contribution in [0, 0.1) is 6.92 Å². The van der Waals surface area contributed by atoms with Crippen molar-refractivity contribution in [1.29, 1.82) is 0 Å². The minimum absolute atomic E-state index is 0.120. The highest BCUT2D eigenvalue weighted by atomic mass is 16.3. The lowest BCUT2D eigenvalue weighted by Crippen LogP contribution is -2.24. The summed E-state index contributed by atoms with van der Waals surface area (Å²) >= 11 is 0. The molecule has 3 heterocycles. The first-order valence-corrected chi connectivity index (χ1v) is 6.60. The van der Waals surface area contributed by atoms with Gasteiger partial charge in [-0.05, 0) is 24.6 Å². The highest BCUT2D eigenvalue weighted by Gasteiger charge is 2.29. The van der Waals surface area contributed by atoms with E-state index in [1.54, 1.807) is 6.20 Å². The van der Waals surface area contributed by atoms with Crippen molar-refractivity contribution >= 4 is 5.65 Å². The molecule has 2 aromatic heterocycles. The Hall–Kier alpha value is -1.76. The summed E-state index contributed by atoms with van der Waals surface area (Å²) < 4.78 is 1.50. The second kappa shape index (κ2) is 4.97.